The van der Waals surface area contributed by atoms with Crippen molar-refractivity contribution in [1.82, 2.24) is 0 Å². The number of ether oxygens (including phenoxy) is 2. The molecule has 3 saturated carbocycles. The van der Waals surface area contributed by atoms with Crippen molar-refractivity contribution in [2.24, 2.45) is 16.7 Å². The van der Waals surface area contributed by atoms with Crippen molar-refractivity contribution >= 4 is 15.9 Å². The second-order valence-corrected chi connectivity index (χ2v) is 9.24. The van der Waals surface area contributed by atoms with E-state index in [0.717, 1.165) is 25.5 Å². The third-order valence-corrected chi connectivity index (χ3v) is 6.77. The number of ketones is 1. The van der Waals surface area contributed by atoms with Crippen LogP contribution >= 0.6 is 0 Å². The minimum atomic E-state index is -3.60. The molecule has 0 aromatic rings. The van der Waals surface area contributed by atoms with Crippen LogP contribution in [0.4, 0.5) is 0 Å². The number of rotatable bonds is 5. The molecular formula is C16H26O6S. The minimum Gasteiger partial charge on any atom is -0.359 e. The molecule has 0 aromatic heterocycles. The van der Waals surface area contributed by atoms with Gasteiger partial charge in [-0.2, -0.15) is 8.42 Å². The van der Waals surface area contributed by atoms with Crippen LogP contribution < -0.4 is 0 Å². The summed E-state index contributed by atoms with van der Waals surface area (Å²) in [5.74, 6) is 0.392. The van der Waals surface area contributed by atoms with Crippen molar-refractivity contribution in [1.29, 1.82) is 0 Å². The van der Waals surface area contributed by atoms with Crippen molar-refractivity contribution in [3.05, 3.63) is 0 Å². The van der Waals surface area contributed by atoms with Gasteiger partial charge in [-0.25, -0.2) is 0 Å². The normalized spacial score (nSPS) is 43.4. The molecule has 23 heavy (non-hydrogen) atoms. The van der Waals surface area contributed by atoms with Crippen LogP contribution in [0.1, 0.15) is 45.4 Å². The molecule has 3 rings (SSSR count). The van der Waals surface area contributed by atoms with E-state index >= 15 is 0 Å². The van der Waals surface area contributed by atoms with Crippen LogP contribution in [-0.2, 0) is 28.6 Å². The number of methoxy groups -OCH3 is 1. The van der Waals surface area contributed by atoms with Crippen LogP contribution in [0.15, 0.2) is 0 Å². The van der Waals surface area contributed by atoms with Gasteiger partial charge < -0.3 is 9.47 Å². The van der Waals surface area contributed by atoms with Crippen molar-refractivity contribution in [3.63, 3.8) is 0 Å². The Balaban J connectivity index is 1.94. The van der Waals surface area contributed by atoms with E-state index in [0.29, 0.717) is 19.3 Å². The highest BCUT2D eigenvalue weighted by molar-refractivity contribution is 7.86. The predicted molar refractivity (Wildman–Crippen MR) is 83.2 cm³/mol. The van der Waals surface area contributed by atoms with Crippen molar-refractivity contribution in [3.8, 4) is 0 Å². The smallest absolute Gasteiger partial charge is 0.264 e. The Bertz CT molecular complexity index is 587. The molecular weight excluding hydrogens is 320 g/mol. The van der Waals surface area contributed by atoms with Crippen LogP contribution in [0.5, 0.6) is 0 Å². The summed E-state index contributed by atoms with van der Waals surface area (Å²) < 4.78 is 39.7. The average molecular weight is 346 g/mol. The molecule has 5 atom stereocenters. The molecule has 0 radical (unpaired) electrons. The lowest BCUT2D eigenvalue weighted by atomic mass is 9.56. The van der Waals surface area contributed by atoms with E-state index in [-0.39, 0.29) is 30.0 Å². The molecule has 3 aliphatic rings. The zero-order valence-electron chi connectivity index (χ0n) is 14.0. The highest BCUT2D eigenvalue weighted by Crippen LogP contribution is 2.65. The average Bonchev–Trinajstić information content (AvgIpc) is 2.69. The molecule has 0 heterocycles. The zero-order valence-corrected chi connectivity index (χ0v) is 14.9. The molecule has 2 bridgehead atoms. The number of Topliss-reactive ketones (excluding diaryl/α,β-unsaturated/α-hetero) is 1. The van der Waals surface area contributed by atoms with Gasteiger partial charge in [-0.1, -0.05) is 13.3 Å². The summed E-state index contributed by atoms with van der Waals surface area (Å²) >= 11 is 0. The van der Waals surface area contributed by atoms with Crippen molar-refractivity contribution in [2.45, 2.75) is 57.7 Å². The van der Waals surface area contributed by atoms with Crippen LogP contribution in [0, 0.1) is 16.7 Å². The molecule has 0 aliphatic heterocycles. The number of hydrogen-bond donors (Lipinski definition) is 0. The maximum absolute atomic E-state index is 12.7. The first-order chi connectivity index (χ1) is 10.7. The Morgan fingerprint density at radius 2 is 2.00 bits per heavy atom. The van der Waals surface area contributed by atoms with Gasteiger partial charge in [0.05, 0.1) is 23.9 Å². The Kier molecular flexibility index (Phi) is 4.36. The molecule has 3 fully saturated rings. The number of hydrogen-bond acceptors (Lipinski definition) is 6. The third-order valence-electron chi connectivity index (χ3n) is 6.19. The standard InChI is InChI=1S/C16H26O6S/c1-15-9-16(8-14(15)22-23(3,18)19)11(7-12(15)17)5-4-6-13(16)21-10-20-2/h11,13-14H,4-10H2,1-3H3/t11-,13-,14?,15-,16-/m0/s1. The summed E-state index contributed by atoms with van der Waals surface area (Å²) in [6, 6.07) is 0. The van der Waals surface area contributed by atoms with Gasteiger partial charge in [-0.05, 0) is 31.6 Å². The fourth-order valence-corrected chi connectivity index (χ4v) is 5.88. The summed E-state index contributed by atoms with van der Waals surface area (Å²) in [6.07, 6.45) is 5.16. The lowest BCUT2D eigenvalue weighted by molar-refractivity contribution is -0.166. The van der Waals surface area contributed by atoms with Gasteiger partial charge in [0.2, 0.25) is 0 Å². The topological polar surface area (TPSA) is 78.9 Å². The Hall–Kier alpha value is -0.500. The maximum atomic E-state index is 12.7. The summed E-state index contributed by atoms with van der Waals surface area (Å²) in [7, 11) is -2.01. The zero-order chi connectivity index (χ0) is 16.9. The summed E-state index contributed by atoms with van der Waals surface area (Å²) in [5, 5.41) is 0. The quantitative estimate of drug-likeness (QED) is 0.559. The minimum absolute atomic E-state index is 0.00165. The van der Waals surface area contributed by atoms with E-state index in [4.69, 9.17) is 13.7 Å². The highest BCUT2D eigenvalue weighted by Gasteiger charge is 2.66. The molecule has 7 heteroatoms. The first-order valence-electron chi connectivity index (χ1n) is 8.23. The van der Waals surface area contributed by atoms with Crippen molar-refractivity contribution < 1.29 is 26.9 Å². The lowest BCUT2D eigenvalue weighted by Crippen LogP contribution is -2.50. The second kappa shape index (κ2) is 5.79. The molecule has 6 nitrogen and oxygen atoms in total. The van der Waals surface area contributed by atoms with Gasteiger partial charge >= 0.3 is 0 Å². The van der Waals surface area contributed by atoms with Crippen LogP contribution in [0.2, 0.25) is 0 Å². The first kappa shape index (κ1) is 17.3. The van der Waals surface area contributed by atoms with Gasteiger partial charge in [0, 0.05) is 18.9 Å². The van der Waals surface area contributed by atoms with E-state index in [1.807, 2.05) is 6.92 Å². The molecule has 1 spiro atoms. The second-order valence-electron chi connectivity index (χ2n) is 7.64. The van der Waals surface area contributed by atoms with E-state index in [2.05, 4.69) is 0 Å². The van der Waals surface area contributed by atoms with Crippen LogP contribution in [0.3, 0.4) is 0 Å². The van der Waals surface area contributed by atoms with Gasteiger partial charge in [0.1, 0.15) is 12.6 Å². The first-order valence-corrected chi connectivity index (χ1v) is 10.0. The Morgan fingerprint density at radius 3 is 2.65 bits per heavy atom. The fraction of sp³-hybridized carbons (Fsp3) is 0.938. The highest BCUT2D eigenvalue weighted by atomic mass is 32.2. The lowest BCUT2D eigenvalue weighted by Gasteiger charge is -2.50. The van der Waals surface area contributed by atoms with Crippen LogP contribution in [-0.4, -0.2) is 46.6 Å². The molecule has 3 aliphatic carbocycles. The summed E-state index contributed by atoms with van der Waals surface area (Å²) in [4.78, 5) is 12.7. The number of fused-ring (bicyclic) bond motifs is 1. The third kappa shape index (κ3) is 2.86. The monoisotopic (exact) mass is 346 g/mol. The van der Waals surface area contributed by atoms with Gasteiger partial charge in [0.15, 0.2) is 0 Å². The summed E-state index contributed by atoms with van der Waals surface area (Å²) in [5.41, 5.74) is -0.902. The van der Waals surface area contributed by atoms with Gasteiger partial charge in [0.25, 0.3) is 10.1 Å². The van der Waals surface area contributed by atoms with Crippen LogP contribution in [0.25, 0.3) is 0 Å². The van der Waals surface area contributed by atoms with E-state index in [9.17, 15) is 13.2 Å². The molecule has 132 valence electrons. The summed E-state index contributed by atoms with van der Waals surface area (Å²) in [6.45, 7) is 2.08. The molecule has 0 amide bonds. The number of carbonyl (C=O) groups excluding carboxylic acids is 1. The van der Waals surface area contributed by atoms with Gasteiger partial charge in [-0.15, -0.1) is 0 Å². The van der Waals surface area contributed by atoms with Crippen molar-refractivity contribution in [2.75, 3.05) is 20.2 Å². The molecule has 0 N–H and O–H groups in total. The van der Waals surface area contributed by atoms with Gasteiger partial charge in [-0.3, -0.25) is 8.98 Å². The molecule has 0 aromatic carbocycles. The predicted octanol–water partition coefficient (Wildman–Crippen LogP) is 1.88. The fourth-order valence-electron chi connectivity index (χ4n) is 5.17. The Morgan fingerprint density at radius 1 is 1.26 bits per heavy atom. The van der Waals surface area contributed by atoms with E-state index < -0.39 is 21.6 Å². The van der Waals surface area contributed by atoms with E-state index in [1.165, 1.54) is 0 Å². The number of carbonyl (C=O) groups is 1. The molecule has 1 unspecified atom stereocenters. The van der Waals surface area contributed by atoms with E-state index in [1.54, 1.807) is 7.11 Å². The maximum Gasteiger partial charge on any atom is 0.264 e. The SMILES string of the molecule is COCO[C@H]1CCC[C@H]2CC(=O)[C@]3(C)C[C@@]21CC3OS(C)(=O)=O. The Labute approximate surface area is 138 Å². The largest absolute Gasteiger partial charge is 0.359 e. The molecule has 0 saturated heterocycles.